The molecule has 0 amide bonds. The number of nitrogens with one attached hydrogen (secondary N) is 1. The molecular weight excluding hydrogens is 348 g/mol. The van der Waals surface area contributed by atoms with Gasteiger partial charge in [-0.05, 0) is 31.7 Å². The second kappa shape index (κ2) is 7.27. The maximum Gasteiger partial charge on any atom is 0.349 e. The van der Waals surface area contributed by atoms with E-state index in [1.807, 2.05) is 13.8 Å². The first-order valence-corrected chi connectivity index (χ1v) is 9.02. The van der Waals surface area contributed by atoms with Crippen LogP contribution in [0.1, 0.15) is 29.1 Å². The Morgan fingerprint density at radius 1 is 1.45 bits per heavy atom. The highest BCUT2D eigenvalue weighted by atomic mass is 35.5. The molecule has 2 unspecified atom stereocenters. The second-order valence-corrected chi connectivity index (χ2v) is 8.01. The molecule has 0 bridgehead atoms. The van der Waals surface area contributed by atoms with Crippen molar-refractivity contribution in [2.45, 2.75) is 37.8 Å². The van der Waals surface area contributed by atoms with Crippen molar-refractivity contribution in [3.05, 3.63) is 15.8 Å². The van der Waals surface area contributed by atoms with E-state index in [0.29, 0.717) is 18.7 Å². The summed E-state index contributed by atoms with van der Waals surface area (Å²) in [6, 6.07) is -0.0764. The van der Waals surface area contributed by atoms with Crippen LogP contribution in [0, 0.1) is 6.92 Å². The molecule has 1 fully saturated rings. The zero-order valence-electron chi connectivity index (χ0n) is 13.0. The largest absolute Gasteiger partial charge is 0.465 e. The first kappa shape index (κ1) is 19.4. The Bertz CT molecular complexity index is 644. The number of ether oxygens (including phenoxy) is 1. The molecule has 1 saturated heterocycles. The molecule has 2 heterocycles. The number of methoxy groups -OCH3 is 1. The molecule has 0 saturated carbocycles. The van der Waals surface area contributed by atoms with Crippen LogP contribution < -0.4 is 5.32 Å². The van der Waals surface area contributed by atoms with E-state index in [4.69, 9.17) is 4.74 Å². The van der Waals surface area contributed by atoms with Gasteiger partial charge in [0.25, 0.3) is 0 Å². The van der Waals surface area contributed by atoms with Crippen LogP contribution in [0.2, 0.25) is 0 Å². The molecule has 0 radical (unpaired) electrons. The highest BCUT2D eigenvalue weighted by molar-refractivity contribution is 7.89. The molecule has 2 rings (SSSR count). The van der Waals surface area contributed by atoms with Crippen molar-refractivity contribution in [1.82, 2.24) is 9.62 Å². The quantitative estimate of drug-likeness (QED) is 0.821. The summed E-state index contributed by atoms with van der Waals surface area (Å²) in [4.78, 5) is 12.0. The number of esters is 1. The van der Waals surface area contributed by atoms with Crippen LogP contribution in [0.3, 0.4) is 0 Å². The summed E-state index contributed by atoms with van der Waals surface area (Å²) in [7, 11) is -2.46. The van der Waals surface area contributed by atoms with Crippen LogP contribution in [0.4, 0.5) is 0 Å². The van der Waals surface area contributed by atoms with E-state index in [9.17, 15) is 13.2 Å². The van der Waals surface area contributed by atoms with Gasteiger partial charge >= 0.3 is 5.97 Å². The minimum absolute atomic E-state index is 0. The monoisotopic (exact) mass is 368 g/mol. The standard InChI is InChI=1S/C13H20N2O4S2.ClH/c1-8-7-20-11(13(16)19-4)12(8)21(17,18)15-6-9(2)14-5-10(15)3;/h7,9-10,14H,5-6H2,1-4H3;1H. The summed E-state index contributed by atoms with van der Waals surface area (Å²) in [5.74, 6) is -0.609. The molecule has 22 heavy (non-hydrogen) atoms. The molecule has 1 aromatic rings. The molecule has 2 atom stereocenters. The van der Waals surface area contributed by atoms with Crippen molar-refractivity contribution in [3.63, 3.8) is 0 Å². The van der Waals surface area contributed by atoms with Gasteiger partial charge in [-0.2, -0.15) is 4.31 Å². The van der Waals surface area contributed by atoms with Crippen LogP contribution in [-0.4, -0.2) is 51.0 Å². The Morgan fingerprint density at radius 2 is 2.09 bits per heavy atom. The second-order valence-electron chi connectivity index (χ2n) is 5.30. The van der Waals surface area contributed by atoms with Crippen molar-refractivity contribution < 1.29 is 17.9 Å². The smallest absolute Gasteiger partial charge is 0.349 e. The highest BCUT2D eigenvalue weighted by Gasteiger charge is 2.37. The van der Waals surface area contributed by atoms with Gasteiger partial charge in [0.15, 0.2) is 0 Å². The number of hydrogen-bond acceptors (Lipinski definition) is 6. The number of nitrogens with zero attached hydrogens (tertiary/aromatic N) is 1. The van der Waals surface area contributed by atoms with E-state index in [1.165, 1.54) is 11.4 Å². The molecule has 1 aliphatic rings. The third-order valence-corrected chi connectivity index (χ3v) is 6.94. The average Bonchev–Trinajstić information content (AvgIpc) is 2.83. The van der Waals surface area contributed by atoms with Crippen LogP contribution in [-0.2, 0) is 14.8 Å². The lowest BCUT2D eigenvalue weighted by molar-refractivity contribution is 0.0602. The fourth-order valence-corrected chi connectivity index (χ4v) is 5.81. The van der Waals surface area contributed by atoms with Crippen LogP contribution in [0.25, 0.3) is 0 Å². The van der Waals surface area contributed by atoms with Crippen LogP contribution in [0.5, 0.6) is 0 Å². The predicted molar refractivity (Wildman–Crippen MR) is 88.5 cm³/mol. The highest BCUT2D eigenvalue weighted by Crippen LogP contribution is 2.31. The molecule has 126 valence electrons. The minimum atomic E-state index is -3.71. The summed E-state index contributed by atoms with van der Waals surface area (Å²) in [6.45, 7) is 6.48. The maximum absolute atomic E-state index is 13.0. The fraction of sp³-hybridized carbons (Fsp3) is 0.615. The third kappa shape index (κ3) is 3.46. The molecular formula is C13H21ClN2O4S2. The number of carbonyl (C=O) groups is 1. The fourth-order valence-electron chi connectivity index (χ4n) is 2.43. The molecule has 1 aromatic heterocycles. The van der Waals surface area contributed by atoms with Crippen molar-refractivity contribution in [3.8, 4) is 0 Å². The maximum atomic E-state index is 13.0. The Kier molecular flexibility index (Phi) is 6.40. The number of sulfonamides is 1. The Hall–Kier alpha value is -0.670. The molecule has 0 spiro atoms. The number of piperazine rings is 1. The van der Waals surface area contributed by atoms with Gasteiger partial charge in [0.1, 0.15) is 9.77 Å². The van der Waals surface area contributed by atoms with Gasteiger partial charge < -0.3 is 10.1 Å². The van der Waals surface area contributed by atoms with Gasteiger partial charge in [0.05, 0.1) is 7.11 Å². The van der Waals surface area contributed by atoms with E-state index >= 15 is 0 Å². The summed E-state index contributed by atoms with van der Waals surface area (Å²) in [5, 5.41) is 4.92. The molecule has 6 nitrogen and oxygen atoms in total. The van der Waals surface area contributed by atoms with Gasteiger partial charge in [-0.1, -0.05) is 0 Å². The lowest BCUT2D eigenvalue weighted by atomic mass is 10.2. The Labute approximate surface area is 141 Å². The van der Waals surface area contributed by atoms with Crippen molar-refractivity contribution in [2.75, 3.05) is 20.2 Å². The number of aryl methyl sites for hydroxylation is 1. The van der Waals surface area contributed by atoms with E-state index in [-0.39, 0.29) is 34.3 Å². The average molecular weight is 369 g/mol. The summed E-state index contributed by atoms with van der Waals surface area (Å²) >= 11 is 1.11. The molecule has 9 heteroatoms. The van der Waals surface area contributed by atoms with Gasteiger partial charge in [0.2, 0.25) is 10.0 Å². The SMILES string of the molecule is COC(=O)c1scc(C)c1S(=O)(=O)N1CC(C)NCC1C.Cl. The van der Waals surface area contributed by atoms with E-state index < -0.39 is 16.0 Å². The van der Waals surface area contributed by atoms with Crippen LogP contribution in [0.15, 0.2) is 10.3 Å². The van der Waals surface area contributed by atoms with Gasteiger partial charge in [0, 0.05) is 25.2 Å². The van der Waals surface area contributed by atoms with Crippen LogP contribution >= 0.6 is 23.7 Å². The number of halogens is 1. The third-order valence-electron chi connectivity index (χ3n) is 3.56. The number of rotatable bonds is 3. The van der Waals surface area contributed by atoms with E-state index in [1.54, 1.807) is 12.3 Å². The summed E-state index contributed by atoms with van der Waals surface area (Å²) in [6.07, 6.45) is 0. The number of thiophene rings is 1. The topological polar surface area (TPSA) is 75.7 Å². The normalized spacial score (nSPS) is 22.9. The number of carbonyl (C=O) groups excluding carboxylic acids is 1. The summed E-state index contributed by atoms with van der Waals surface area (Å²) in [5.41, 5.74) is 0.582. The molecule has 1 N–H and O–H groups in total. The first-order valence-electron chi connectivity index (χ1n) is 6.70. The van der Waals surface area contributed by atoms with Gasteiger partial charge in [-0.25, -0.2) is 13.2 Å². The molecule has 0 aliphatic carbocycles. The first-order chi connectivity index (χ1) is 9.78. The lowest BCUT2D eigenvalue weighted by Crippen LogP contribution is -2.56. The molecule has 1 aliphatic heterocycles. The van der Waals surface area contributed by atoms with Crippen molar-refractivity contribution in [1.29, 1.82) is 0 Å². The van der Waals surface area contributed by atoms with Crippen molar-refractivity contribution in [2.24, 2.45) is 0 Å². The lowest BCUT2D eigenvalue weighted by Gasteiger charge is -2.36. The zero-order valence-corrected chi connectivity index (χ0v) is 15.4. The molecule has 0 aromatic carbocycles. The number of hydrogen-bond donors (Lipinski definition) is 1. The van der Waals surface area contributed by atoms with Gasteiger partial charge in [-0.3, -0.25) is 0 Å². The Morgan fingerprint density at radius 3 is 2.68 bits per heavy atom. The Balaban J connectivity index is 0.00000242. The summed E-state index contributed by atoms with van der Waals surface area (Å²) < 4.78 is 32.1. The van der Waals surface area contributed by atoms with E-state index in [0.717, 1.165) is 11.3 Å². The predicted octanol–water partition coefficient (Wildman–Crippen LogP) is 1.64. The minimum Gasteiger partial charge on any atom is -0.465 e. The van der Waals surface area contributed by atoms with Crippen molar-refractivity contribution >= 4 is 39.7 Å². The van der Waals surface area contributed by atoms with Gasteiger partial charge in [-0.15, -0.1) is 23.7 Å². The zero-order chi connectivity index (χ0) is 15.8. The van der Waals surface area contributed by atoms with E-state index in [2.05, 4.69) is 5.32 Å².